The lowest BCUT2D eigenvalue weighted by Crippen LogP contribution is -2.23. The minimum absolute atomic E-state index is 0.103. The monoisotopic (exact) mass is 295 g/mol. The van der Waals surface area contributed by atoms with E-state index in [0.717, 1.165) is 11.4 Å². The van der Waals surface area contributed by atoms with E-state index in [2.05, 4.69) is 9.97 Å². The van der Waals surface area contributed by atoms with Crippen LogP contribution in [0.15, 0.2) is 30.7 Å². The van der Waals surface area contributed by atoms with E-state index in [1.54, 1.807) is 18.5 Å². The standard InChI is InChI=1S/C14H18ClN3O2/c1-10(2)20-9-12(19)8-18-6-5-17-14(18)11-3-4-16-13(15)7-11/h3-7,10,12,19H,8-9H2,1-2H3. The summed E-state index contributed by atoms with van der Waals surface area (Å²) >= 11 is 5.89. The molecule has 6 heteroatoms. The van der Waals surface area contributed by atoms with Crippen LogP contribution in [0.1, 0.15) is 13.8 Å². The number of aliphatic hydroxyl groups excluding tert-OH is 1. The summed E-state index contributed by atoms with van der Waals surface area (Å²) in [5.41, 5.74) is 0.868. The van der Waals surface area contributed by atoms with Crippen molar-refractivity contribution < 1.29 is 9.84 Å². The maximum atomic E-state index is 9.98. The van der Waals surface area contributed by atoms with E-state index in [1.165, 1.54) is 0 Å². The van der Waals surface area contributed by atoms with E-state index < -0.39 is 6.10 Å². The number of aliphatic hydroxyl groups is 1. The molecule has 0 aliphatic rings. The van der Waals surface area contributed by atoms with Crippen LogP contribution in [0.4, 0.5) is 0 Å². The van der Waals surface area contributed by atoms with Crippen LogP contribution in [-0.4, -0.2) is 38.5 Å². The molecule has 20 heavy (non-hydrogen) atoms. The fourth-order valence-corrected chi connectivity index (χ4v) is 2.02. The minimum atomic E-state index is -0.581. The van der Waals surface area contributed by atoms with Crippen LogP contribution in [0.3, 0.4) is 0 Å². The predicted molar refractivity (Wildman–Crippen MR) is 77.6 cm³/mol. The molecular weight excluding hydrogens is 278 g/mol. The van der Waals surface area contributed by atoms with E-state index in [1.807, 2.05) is 30.7 Å². The average Bonchev–Trinajstić information content (AvgIpc) is 2.84. The first-order valence-electron chi connectivity index (χ1n) is 6.49. The van der Waals surface area contributed by atoms with Crippen LogP contribution in [0.5, 0.6) is 0 Å². The molecule has 0 bridgehead atoms. The van der Waals surface area contributed by atoms with Crippen molar-refractivity contribution in [2.24, 2.45) is 0 Å². The van der Waals surface area contributed by atoms with Crippen molar-refractivity contribution in [2.45, 2.75) is 32.6 Å². The highest BCUT2D eigenvalue weighted by Crippen LogP contribution is 2.19. The number of pyridine rings is 1. The minimum Gasteiger partial charge on any atom is -0.389 e. The first-order chi connectivity index (χ1) is 9.56. The summed E-state index contributed by atoms with van der Waals surface area (Å²) in [4.78, 5) is 8.25. The Kier molecular flexibility index (Phi) is 5.11. The van der Waals surface area contributed by atoms with Gasteiger partial charge in [-0.3, -0.25) is 0 Å². The van der Waals surface area contributed by atoms with Crippen LogP contribution in [0, 0.1) is 0 Å². The lowest BCUT2D eigenvalue weighted by atomic mass is 10.2. The van der Waals surface area contributed by atoms with Gasteiger partial charge in [0.15, 0.2) is 0 Å². The smallest absolute Gasteiger partial charge is 0.140 e. The number of rotatable bonds is 6. The van der Waals surface area contributed by atoms with Crippen LogP contribution in [0.2, 0.25) is 5.15 Å². The van der Waals surface area contributed by atoms with Gasteiger partial charge in [0.05, 0.1) is 25.4 Å². The number of ether oxygens (including phenoxy) is 1. The summed E-state index contributed by atoms with van der Waals surface area (Å²) in [7, 11) is 0. The second-order valence-electron chi connectivity index (χ2n) is 4.81. The first-order valence-corrected chi connectivity index (χ1v) is 6.87. The van der Waals surface area contributed by atoms with Gasteiger partial charge in [0.25, 0.3) is 0 Å². The van der Waals surface area contributed by atoms with Crippen LogP contribution < -0.4 is 0 Å². The Balaban J connectivity index is 2.09. The summed E-state index contributed by atoms with van der Waals surface area (Å²) in [6.07, 6.45) is 4.67. The molecule has 0 aliphatic carbocycles. The molecule has 0 amide bonds. The van der Waals surface area contributed by atoms with E-state index >= 15 is 0 Å². The SMILES string of the molecule is CC(C)OCC(O)Cn1ccnc1-c1ccnc(Cl)c1. The van der Waals surface area contributed by atoms with Crippen LogP contribution >= 0.6 is 11.6 Å². The van der Waals surface area contributed by atoms with Gasteiger partial charge in [-0.05, 0) is 26.0 Å². The fraction of sp³-hybridized carbons (Fsp3) is 0.429. The fourth-order valence-electron chi connectivity index (χ4n) is 1.84. The summed E-state index contributed by atoms with van der Waals surface area (Å²) < 4.78 is 7.28. The zero-order valence-electron chi connectivity index (χ0n) is 11.5. The van der Waals surface area contributed by atoms with E-state index in [9.17, 15) is 5.11 Å². The molecule has 2 rings (SSSR count). The molecule has 0 aromatic carbocycles. The molecule has 1 N–H and O–H groups in total. The van der Waals surface area contributed by atoms with Gasteiger partial charge < -0.3 is 14.4 Å². The van der Waals surface area contributed by atoms with Crippen molar-refractivity contribution in [1.29, 1.82) is 0 Å². The molecule has 2 heterocycles. The average molecular weight is 296 g/mol. The van der Waals surface area contributed by atoms with Crippen molar-refractivity contribution in [3.05, 3.63) is 35.9 Å². The molecule has 2 aromatic heterocycles. The number of hydrogen-bond donors (Lipinski definition) is 1. The molecule has 1 atom stereocenters. The maximum absolute atomic E-state index is 9.98. The Labute approximate surface area is 123 Å². The Morgan fingerprint density at radius 1 is 1.35 bits per heavy atom. The van der Waals surface area contributed by atoms with Crippen molar-refractivity contribution >= 4 is 11.6 Å². The molecule has 0 spiro atoms. The zero-order chi connectivity index (χ0) is 14.5. The lowest BCUT2D eigenvalue weighted by molar-refractivity contribution is -0.000531. The molecule has 1 unspecified atom stereocenters. The molecule has 108 valence electrons. The van der Waals surface area contributed by atoms with E-state index in [0.29, 0.717) is 18.3 Å². The summed E-state index contributed by atoms with van der Waals surface area (Å²) in [6.45, 7) is 4.59. The quantitative estimate of drug-likeness (QED) is 0.831. The Morgan fingerprint density at radius 2 is 2.15 bits per heavy atom. The van der Waals surface area contributed by atoms with E-state index in [-0.39, 0.29) is 6.10 Å². The van der Waals surface area contributed by atoms with Gasteiger partial charge in [-0.25, -0.2) is 9.97 Å². The highest BCUT2D eigenvalue weighted by atomic mass is 35.5. The third kappa shape index (κ3) is 4.03. The number of halogens is 1. The number of nitrogens with zero attached hydrogens (tertiary/aromatic N) is 3. The van der Waals surface area contributed by atoms with Crippen molar-refractivity contribution in [3.63, 3.8) is 0 Å². The first kappa shape index (κ1) is 15.0. The molecule has 0 fully saturated rings. The Hall–Kier alpha value is -1.43. The number of hydrogen-bond acceptors (Lipinski definition) is 4. The molecule has 0 saturated heterocycles. The summed E-state index contributed by atoms with van der Waals surface area (Å²) in [6, 6.07) is 3.58. The topological polar surface area (TPSA) is 60.2 Å². The highest BCUT2D eigenvalue weighted by molar-refractivity contribution is 6.29. The van der Waals surface area contributed by atoms with E-state index in [4.69, 9.17) is 16.3 Å². The molecule has 0 saturated carbocycles. The largest absolute Gasteiger partial charge is 0.389 e. The van der Waals surface area contributed by atoms with Crippen LogP contribution in [-0.2, 0) is 11.3 Å². The van der Waals surface area contributed by atoms with Gasteiger partial charge in [0.2, 0.25) is 0 Å². The normalized spacial score (nSPS) is 12.8. The third-order valence-electron chi connectivity index (χ3n) is 2.73. The second-order valence-corrected chi connectivity index (χ2v) is 5.19. The molecule has 5 nitrogen and oxygen atoms in total. The van der Waals surface area contributed by atoms with Gasteiger partial charge in [-0.1, -0.05) is 11.6 Å². The van der Waals surface area contributed by atoms with Gasteiger partial charge in [-0.2, -0.15) is 0 Å². The molecular formula is C14H18ClN3O2. The molecule has 2 aromatic rings. The van der Waals surface area contributed by atoms with Gasteiger partial charge in [0, 0.05) is 24.2 Å². The van der Waals surface area contributed by atoms with Gasteiger partial charge in [-0.15, -0.1) is 0 Å². The predicted octanol–water partition coefficient (Wildman–Crippen LogP) is 2.38. The van der Waals surface area contributed by atoms with Crippen molar-refractivity contribution in [3.8, 4) is 11.4 Å². The van der Waals surface area contributed by atoms with Gasteiger partial charge >= 0.3 is 0 Å². The molecule has 0 radical (unpaired) electrons. The molecule has 0 aliphatic heterocycles. The van der Waals surface area contributed by atoms with Crippen molar-refractivity contribution in [2.75, 3.05) is 6.61 Å². The lowest BCUT2D eigenvalue weighted by Gasteiger charge is -2.15. The maximum Gasteiger partial charge on any atom is 0.140 e. The number of imidazole rings is 1. The van der Waals surface area contributed by atoms with Gasteiger partial charge in [0.1, 0.15) is 11.0 Å². The van der Waals surface area contributed by atoms with Crippen molar-refractivity contribution in [1.82, 2.24) is 14.5 Å². The second kappa shape index (κ2) is 6.83. The Morgan fingerprint density at radius 3 is 2.85 bits per heavy atom. The zero-order valence-corrected chi connectivity index (χ0v) is 12.3. The van der Waals surface area contributed by atoms with Crippen LogP contribution in [0.25, 0.3) is 11.4 Å². The Bertz CT molecular complexity index is 557. The third-order valence-corrected chi connectivity index (χ3v) is 2.94. The number of aromatic nitrogens is 3. The highest BCUT2D eigenvalue weighted by Gasteiger charge is 2.12. The summed E-state index contributed by atoms with van der Waals surface area (Å²) in [5, 5.41) is 10.4. The summed E-state index contributed by atoms with van der Waals surface area (Å²) in [5.74, 6) is 0.748.